The lowest BCUT2D eigenvalue weighted by Crippen LogP contribution is -2.46. The molecule has 0 saturated heterocycles. The number of aromatic nitrogens is 4. The quantitative estimate of drug-likeness (QED) is 0.825. The number of anilines is 1. The molecule has 0 aromatic carbocycles. The van der Waals surface area contributed by atoms with E-state index in [1.54, 1.807) is 0 Å². The van der Waals surface area contributed by atoms with Crippen LogP contribution in [0.4, 0.5) is 10.6 Å². The van der Waals surface area contributed by atoms with Gasteiger partial charge in [0.2, 0.25) is 0 Å². The van der Waals surface area contributed by atoms with Crippen LogP contribution in [0.25, 0.3) is 11.0 Å². The summed E-state index contributed by atoms with van der Waals surface area (Å²) in [5, 5.41) is 8.04. The van der Waals surface area contributed by atoms with Crippen LogP contribution in [0.3, 0.4) is 0 Å². The van der Waals surface area contributed by atoms with Crippen molar-refractivity contribution in [2.45, 2.75) is 51.3 Å². The Morgan fingerprint density at radius 2 is 2.13 bits per heavy atom. The first kappa shape index (κ1) is 16.0. The summed E-state index contributed by atoms with van der Waals surface area (Å²) in [6, 6.07) is 0.241. The normalized spacial score (nSPS) is 21.0. The number of nitrogens with one attached hydrogen (secondary N) is 1. The Bertz CT molecular complexity index is 748. The molecule has 2 aromatic rings. The van der Waals surface area contributed by atoms with Gasteiger partial charge in [0.05, 0.1) is 11.4 Å². The van der Waals surface area contributed by atoms with Crippen LogP contribution in [-0.4, -0.2) is 37.5 Å². The summed E-state index contributed by atoms with van der Waals surface area (Å²) >= 11 is 3.40. The van der Waals surface area contributed by atoms with Crippen molar-refractivity contribution in [2.75, 3.05) is 5.73 Å². The fraction of sp³-hybridized carbons (Fsp3) is 0.571. The number of nitrogens with zero attached hydrogens (tertiary/aromatic N) is 4. The van der Waals surface area contributed by atoms with Crippen LogP contribution < -0.4 is 11.1 Å². The first-order chi connectivity index (χ1) is 10.7. The van der Waals surface area contributed by atoms with Crippen molar-refractivity contribution in [2.24, 2.45) is 0 Å². The lowest BCUT2D eigenvalue weighted by Gasteiger charge is -2.36. The standard InChI is InChI=1S/C14H19BrN6O2/c1-14(2,3)23-13(22)19-7-4-8(5-7)21-12-9(10(15)20-21)11(16)17-6-18-12/h6-8H,4-5H2,1-3H3,(H,19,22)(H2,16,17,18)/t7-,8+. The highest BCUT2D eigenvalue weighted by molar-refractivity contribution is 9.10. The number of halogens is 1. The number of ether oxygens (including phenoxy) is 1. The number of nitrogens with two attached hydrogens (primary N) is 1. The average molecular weight is 383 g/mol. The number of rotatable bonds is 2. The van der Waals surface area contributed by atoms with Gasteiger partial charge in [-0.3, -0.25) is 0 Å². The number of hydrogen-bond donors (Lipinski definition) is 2. The summed E-state index contributed by atoms with van der Waals surface area (Å²) in [7, 11) is 0. The summed E-state index contributed by atoms with van der Waals surface area (Å²) in [6.45, 7) is 5.52. The van der Waals surface area contributed by atoms with Gasteiger partial charge in [0, 0.05) is 6.04 Å². The lowest BCUT2D eigenvalue weighted by molar-refractivity contribution is 0.0454. The van der Waals surface area contributed by atoms with Crippen molar-refractivity contribution in [1.82, 2.24) is 25.1 Å². The van der Waals surface area contributed by atoms with Crippen LogP contribution in [0, 0.1) is 0 Å². The van der Waals surface area contributed by atoms with Gasteiger partial charge in [0.1, 0.15) is 22.3 Å². The number of nitrogen functional groups attached to an aromatic ring is 1. The zero-order valence-electron chi connectivity index (χ0n) is 13.2. The average Bonchev–Trinajstić information content (AvgIpc) is 2.70. The molecule has 0 aliphatic heterocycles. The molecule has 1 amide bonds. The predicted octanol–water partition coefficient (Wildman–Crippen LogP) is 2.40. The van der Waals surface area contributed by atoms with Crippen LogP contribution in [0.2, 0.25) is 0 Å². The Kier molecular flexibility index (Phi) is 3.91. The van der Waals surface area contributed by atoms with Crippen LogP contribution in [0.1, 0.15) is 39.7 Å². The molecule has 0 atom stereocenters. The molecule has 0 radical (unpaired) electrons. The Morgan fingerprint density at radius 1 is 1.43 bits per heavy atom. The van der Waals surface area contributed by atoms with E-state index < -0.39 is 5.60 Å². The van der Waals surface area contributed by atoms with Gasteiger partial charge in [-0.05, 0) is 49.5 Å². The summed E-state index contributed by atoms with van der Waals surface area (Å²) in [5.41, 5.74) is 6.08. The zero-order valence-corrected chi connectivity index (χ0v) is 14.8. The molecule has 2 aromatic heterocycles. The Balaban J connectivity index is 1.66. The van der Waals surface area contributed by atoms with Gasteiger partial charge in [-0.25, -0.2) is 19.4 Å². The second kappa shape index (κ2) is 5.63. The minimum absolute atomic E-state index is 0.0760. The second-order valence-corrected chi connectivity index (χ2v) is 7.41. The maximum Gasteiger partial charge on any atom is 0.407 e. The highest BCUT2D eigenvalue weighted by atomic mass is 79.9. The second-order valence-electron chi connectivity index (χ2n) is 6.66. The Morgan fingerprint density at radius 3 is 2.78 bits per heavy atom. The first-order valence-corrected chi connectivity index (χ1v) is 8.17. The number of carbonyl (C=O) groups is 1. The minimum atomic E-state index is -0.495. The first-order valence-electron chi connectivity index (χ1n) is 7.38. The number of fused-ring (bicyclic) bond motifs is 1. The van der Waals surface area contributed by atoms with Crippen LogP contribution >= 0.6 is 15.9 Å². The van der Waals surface area contributed by atoms with Crippen molar-refractivity contribution in [1.29, 1.82) is 0 Å². The van der Waals surface area contributed by atoms with Crippen LogP contribution in [0.5, 0.6) is 0 Å². The minimum Gasteiger partial charge on any atom is -0.444 e. The van der Waals surface area contributed by atoms with E-state index in [1.165, 1.54) is 6.33 Å². The summed E-state index contributed by atoms with van der Waals surface area (Å²) < 4.78 is 7.73. The molecule has 1 aliphatic rings. The number of carbonyl (C=O) groups excluding carboxylic acids is 1. The molecule has 2 heterocycles. The lowest BCUT2D eigenvalue weighted by atomic mass is 9.87. The smallest absolute Gasteiger partial charge is 0.407 e. The third-order valence-corrected chi connectivity index (χ3v) is 4.21. The third kappa shape index (κ3) is 3.24. The molecular weight excluding hydrogens is 364 g/mol. The molecule has 124 valence electrons. The summed E-state index contributed by atoms with van der Waals surface area (Å²) in [6.07, 6.45) is 2.58. The molecule has 0 spiro atoms. The van der Waals surface area contributed by atoms with Gasteiger partial charge in [-0.1, -0.05) is 0 Å². The molecular formula is C14H19BrN6O2. The van der Waals surface area contributed by atoms with E-state index in [4.69, 9.17) is 10.5 Å². The van der Waals surface area contributed by atoms with E-state index in [1.807, 2.05) is 25.5 Å². The fourth-order valence-corrected chi connectivity index (χ4v) is 3.14. The molecule has 9 heteroatoms. The summed E-state index contributed by atoms with van der Waals surface area (Å²) in [4.78, 5) is 20.0. The van der Waals surface area contributed by atoms with Gasteiger partial charge in [0.15, 0.2) is 5.65 Å². The third-order valence-electron chi connectivity index (χ3n) is 3.66. The Hall–Kier alpha value is -1.90. The molecule has 0 unspecified atom stereocenters. The molecule has 0 bridgehead atoms. The van der Waals surface area contributed by atoms with Crippen molar-refractivity contribution in [3.63, 3.8) is 0 Å². The SMILES string of the molecule is CC(C)(C)OC(=O)N[C@H]1C[C@@H](n2nc(Br)c3c(N)ncnc32)C1. The number of alkyl carbamates (subject to hydrolysis) is 1. The zero-order chi connectivity index (χ0) is 16.8. The van der Waals surface area contributed by atoms with Crippen molar-refractivity contribution in [3.05, 3.63) is 10.9 Å². The highest BCUT2D eigenvalue weighted by Crippen LogP contribution is 2.36. The van der Waals surface area contributed by atoms with Crippen molar-refractivity contribution in [3.8, 4) is 0 Å². The molecule has 1 aliphatic carbocycles. The van der Waals surface area contributed by atoms with Gasteiger partial charge >= 0.3 is 6.09 Å². The molecule has 23 heavy (non-hydrogen) atoms. The predicted molar refractivity (Wildman–Crippen MR) is 88.9 cm³/mol. The van der Waals surface area contributed by atoms with E-state index >= 15 is 0 Å². The van der Waals surface area contributed by atoms with Gasteiger partial charge < -0.3 is 15.8 Å². The van der Waals surface area contributed by atoms with Gasteiger partial charge in [-0.2, -0.15) is 5.10 Å². The van der Waals surface area contributed by atoms with Crippen LogP contribution in [0.15, 0.2) is 10.9 Å². The molecule has 1 fully saturated rings. The van der Waals surface area contributed by atoms with E-state index in [2.05, 4.69) is 36.3 Å². The topological polar surface area (TPSA) is 108 Å². The van der Waals surface area contributed by atoms with E-state index in [0.29, 0.717) is 16.1 Å². The van der Waals surface area contributed by atoms with Crippen LogP contribution in [-0.2, 0) is 4.74 Å². The fourth-order valence-electron chi connectivity index (χ4n) is 2.59. The maximum absolute atomic E-state index is 11.8. The largest absolute Gasteiger partial charge is 0.444 e. The van der Waals surface area contributed by atoms with Gasteiger partial charge in [-0.15, -0.1) is 0 Å². The summed E-state index contributed by atoms with van der Waals surface area (Å²) in [5.74, 6) is 0.399. The van der Waals surface area contributed by atoms with E-state index in [0.717, 1.165) is 18.2 Å². The molecule has 8 nitrogen and oxygen atoms in total. The Labute approximate surface area is 141 Å². The van der Waals surface area contributed by atoms with E-state index in [-0.39, 0.29) is 18.2 Å². The molecule has 3 N–H and O–H groups in total. The monoisotopic (exact) mass is 382 g/mol. The van der Waals surface area contributed by atoms with Gasteiger partial charge in [0.25, 0.3) is 0 Å². The number of amides is 1. The van der Waals surface area contributed by atoms with E-state index in [9.17, 15) is 4.79 Å². The molecule has 3 rings (SSSR count). The molecule has 1 saturated carbocycles. The van der Waals surface area contributed by atoms with Crippen molar-refractivity contribution >= 4 is 38.9 Å². The highest BCUT2D eigenvalue weighted by Gasteiger charge is 2.35. The maximum atomic E-state index is 11.8. The van der Waals surface area contributed by atoms with Crippen molar-refractivity contribution < 1.29 is 9.53 Å². The number of hydrogen-bond acceptors (Lipinski definition) is 6.